The van der Waals surface area contributed by atoms with Gasteiger partial charge in [0.2, 0.25) is 0 Å². The molecule has 0 aliphatic heterocycles. The predicted octanol–water partition coefficient (Wildman–Crippen LogP) is 5.78. The van der Waals surface area contributed by atoms with E-state index in [9.17, 15) is 4.79 Å². The second-order valence-electron chi connectivity index (χ2n) is 6.01. The molecule has 0 saturated heterocycles. The molecule has 1 aromatic rings. The first-order valence-electron chi connectivity index (χ1n) is 8.72. The number of benzene rings is 1. The summed E-state index contributed by atoms with van der Waals surface area (Å²) < 4.78 is 0. The Labute approximate surface area is 134 Å². The SMILES string of the molecule is CCCCCCCCCCCCc1ccc(C(=O)OO)cc1. The zero-order valence-corrected chi connectivity index (χ0v) is 13.9. The quantitative estimate of drug-likeness (QED) is 0.302. The Morgan fingerprint density at radius 2 is 1.36 bits per heavy atom. The van der Waals surface area contributed by atoms with Crippen molar-refractivity contribution in [1.82, 2.24) is 0 Å². The van der Waals surface area contributed by atoms with Gasteiger partial charge in [-0.3, -0.25) is 4.89 Å². The first-order chi connectivity index (χ1) is 10.8. The molecule has 3 nitrogen and oxygen atoms in total. The van der Waals surface area contributed by atoms with E-state index in [0.717, 1.165) is 6.42 Å². The molecule has 0 spiro atoms. The van der Waals surface area contributed by atoms with E-state index in [4.69, 9.17) is 5.26 Å². The normalized spacial score (nSPS) is 10.6. The molecule has 0 saturated carbocycles. The van der Waals surface area contributed by atoms with E-state index >= 15 is 0 Å². The lowest BCUT2D eigenvalue weighted by Crippen LogP contribution is -2.01. The highest BCUT2D eigenvalue weighted by Crippen LogP contribution is 2.13. The van der Waals surface area contributed by atoms with Gasteiger partial charge >= 0.3 is 5.97 Å². The van der Waals surface area contributed by atoms with Crippen LogP contribution in [0.5, 0.6) is 0 Å². The molecule has 0 aliphatic rings. The molecule has 0 bridgehead atoms. The average molecular weight is 306 g/mol. The van der Waals surface area contributed by atoms with Crippen molar-refractivity contribution in [2.45, 2.75) is 77.6 Å². The van der Waals surface area contributed by atoms with Crippen LogP contribution in [-0.4, -0.2) is 11.2 Å². The number of hydrogen-bond donors (Lipinski definition) is 1. The molecule has 0 aromatic heterocycles. The lowest BCUT2D eigenvalue weighted by atomic mass is 10.0. The Morgan fingerprint density at radius 1 is 0.864 bits per heavy atom. The van der Waals surface area contributed by atoms with Gasteiger partial charge in [0, 0.05) is 0 Å². The molecular weight excluding hydrogens is 276 g/mol. The predicted molar refractivity (Wildman–Crippen MR) is 90.0 cm³/mol. The number of unbranched alkanes of at least 4 members (excludes halogenated alkanes) is 9. The Balaban J connectivity index is 2.01. The summed E-state index contributed by atoms with van der Waals surface area (Å²) in [5, 5.41) is 8.31. The van der Waals surface area contributed by atoms with Crippen LogP contribution in [0.2, 0.25) is 0 Å². The van der Waals surface area contributed by atoms with Gasteiger partial charge in [0.25, 0.3) is 0 Å². The molecule has 0 aliphatic carbocycles. The van der Waals surface area contributed by atoms with Crippen LogP contribution < -0.4 is 0 Å². The lowest BCUT2D eigenvalue weighted by Gasteiger charge is -2.04. The second-order valence-corrected chi connectivity index (χ2v) is 6.01. The first-order valence-corrected chi connectivity index (χ1v) is 8.72. The van der Waals surface area contributed by atoms with E-state index in [2.05, 4.69) is 11.8 Å². The molecule has 22 heavy (non-hydrogen) atoms. The summed E-state index contributed by atoms with van der Waals surface area (Å²) in [6.07, 6.45) is 14.5. The Morgan fingerprint density at radius 3 is 1.86 bits per heavy atom. The van der Waals surface area contributed by atoms with Crippen LogP contribution >= 0.6 is 0 Å². The maximum Gasteiger partial charge on any atom is 0.372 e. The highest BCUT2D eigenvalue weighted by Gasteiger charge is 2.05. The zero-order valence-electron chi connectivity index (χ0n) is 13.9. The van der Waals surface area contributed by atoms with Crippen molar-refractivity contribution < 1.29 is 14.9 Å². The fourth-order valence-corrected chi connectivity index (χ4v) is 2.68. The van der Waals surface area contributed by atoms with Gasteiger partial charge in [0.15, 0.2) is 0 Å². The van der Waals surface area contributed by atoms with Crippen molar-refractivity contribution in [2.75, 3.05) is 0 Å². The van der Waals surface area contributed by atoms with Gasteiger partial charge in [0.05, 0.1) is 5.56 Å². The third-order valence-electron chi connectivity index (χ3n) is 4.09. The van der Waals surface area contributed by atoms with Crippen molar-refractivity contribution in [3.05, 3.63) is 35.4 Å². The molecule has 0 fully saturated rings. The van der Waals surface area contributed by atoms with Crippen molar-refractivity contribution in [3.63, 3.8) is 0 Å². The minimum atomic E-state index is -0.703. The summed E-state index contributed by atoms with van der Waals surface area (Å²) in [4.78, 5) is 14.8. The molecule has 124 valence electrons. The van der Waals surface area contributed by atoms with E-state index in [-0.39, 0.29) is 0 Å². The van der Waals surface area contributed by atoms with E-state index < -0.39 is 5.97 Å². The number of aryl methyl sites for hydroxylation is 1. The van der Waals surface area contributed by atoms with Crippen molar-refractivity contribution >= 4 is 5.97 Å². The molecule has 0 radical (unpaired) electrons. The van der Waals surface area contributed by atoms with Gasteiger partial charge in [-0.2, -0.15) is 5.26 Å². The molecule has 3 heteroatoms. The first kappa shape index (κ1) is 18.7. The van der Waals surface area contributed by atoms with Crippen LogP contribution in [0.25, 0.3) is 0 Å². The third-order valence-corrected chi connectivity index (χ3v) is 4.09. The number of carbonyl (C=O) groups is 1. The van der Waals surface area contributed by atoms with Crippen LogP contribution in [0.15, 0.2) is 24.3 Å². The van der Waals surface area contributed by atoms with Crippen LogP contribution in [0.3, 0.4) is 0 Å². The highest BCUT2D eigenvalue weighted by molar-refractivity contribution is 5.88. The van der Waals surface area contributed by atoms with Gasteiger partial charge in [-0.05, 0) is 30.5 Å². The molecule has 0 unspecified atom stereocenters. The molecule has 1 N–H and O–H groups in total. The van der Waals surface area contributed by atoms with Gasteiger partial charge in [-0.1, -0.05) is 76.8 Å². The standard InChI is InChI=1S/C19H30O3/c1-2-3-4-5-6-7-8-9-10-11-12-17-13-15-18(16-14-17)19(20)22-21/h13-16,21H,2-12H2,1H3. The average Bonchev–Trinajstić information content (AvgIpc) is 2.56. The fourth-order valence-electron chi connectivity index (χ4n) is 2.68. The van der Waals surface area contributed by atoms with Crippen LogP contribution in [0, 0.1) is 0 Å². The molecule has 1 aromatic carbocycles. The maximum atomic E-state index is 11.1. The Hall–Kier alpha value is -1.35. The van der Waals surface area contributed by atoms with E-state index in [1.165, 1.54) is 69.8 Å². The van der Waals surface area contributed by atoms with Crippen LogP contribution in [0.1, 0.15) is 87.1 Å². The number of carbonyl (C=O) groups excluding carboxylic acids is 1. The van der Waals surface area contributed by atoms with Crippen molar-refractivity contribution in [3.8, 4) is 0 Å². The monoisotopic (exact) mass is 306 g/mol. The topological polar surface area (TPSA) is 46.5 Å². The largest absolute Gasteiger partial charge is 0.372 e. The van der Waals surface area contributed by atoms with E-state index in [1.54, 1.807) is 12.1 Å². The van der Waals surface area contributed by atoms with Gasteiger partial charge in [-0.25, -0.2) is 4.79 Å². The summed E-state index contributed by atoms with van der Waals surface area (Å²) in [5.74, 6) is -0.703. The molecule has 0 amide bonds. The second kappa shape index (κ2) is 12.2. The fraction of sp³-hybridized carbons (Fsp3) is 0.632. The van der Waals surface area contributed by atoms with Gasteiger partial charge < -0.3 is 0 Å². The molecule has 0 atom stereocenters. The van der Waals surface area contributed by atoms with Crippen LogP contribution in [-0.2, 0) is 11.3 Å². The number of rotatable bonds is 12. The van der Waals surface area contributed by atoms with E-state index in [1.807, 2.05) is 12.1 Å². The number of hydrogen-bond acceptors (Lipinski definition) is 3. The highest BCUT2D eigenvalue weighted by atomic mass is 17.1. The summed E-state index contributed by atoms with van der Waals surface area (Å²) in [7, 11) is 0. The third kappa shape index (κ3) is 8.18. The van der Waals surface area contributed by atoms with Crippen molar-refractivity contribution in [1.29, 1.82) is 0 Å². The molecule has 0 heterocycles. The van der Waals surface area contributed by atoms with Gasteiger partial charge in [-0.15, -0.1) is 0 Å². The lowest BCUT2D eigenvalue weighted by molar-refractivity contribution is -0.182. The molecule has 1 rings (SSSR count). The van der Waals surface area contributed by atoms with Crippen LogP contribution in [0.4, 0.5) is 0 Å². The van der Waals surface area contributed by atoms with Gasteiger partial charge in [0.1, 0.15) is 0 Å². The summed E-state index contributed by atoms with van der Waals surface area (Å²) >= 11 is 0. The minimum Gasteiger partial charge on any atom is -0.296 e. The smallest absolute Gasteiger partial charge is 0.296 e. The Kier molecular flexibility index (Phi) is 10.4. The zero-order chi connectivity index (χ0) is 16.0. The summed E-state index contributed by atoms with van der Waals surface area (Å²) in [6.45, 7) is 2.26. The van der Waals surface area contributed by atoms with Crippen molar-refractivity contribution in [2.24, 2.45) is 0 Å². The molecular formula is C19H30O3. The summed E-state index contributed by atoms with van der Waals surface area (Å²) in [6, 6.07) is 7.26. The Bertz CT molecular complexity index is 398. The summed E-state index contributed by atoms with van der Waals surface area (Å²) in [5.41, 5.74) is 1.61. The minimum absolute atomic E-state index is 0.384. The van der Waals surface area contributed by atoms with E-state index in [0.29, 0.717) is 5.56 Å². The maximum absolute atomic E-state index is 11.1.